The second kappa shape index (κ2) is 8.10. The van der Waals surface area contributed by atoms with Gasteiger partial charge in [0.1, 0.15) is 11.6 Å². The minimum absolute atomic E-state index is 0.248. The second-order valence-corrected chi connectivity index (χ2v) is 3.30. The average Bonchev–Trinajstić information content (AvgIpc) is 2.43. The molecule has 0 saturated heterocycles. The zero-order chi connectivity index (χ0) is 15.0. The van der Waals surface area contributed by atoms with Crippen LogP contribution in [-0.2, 0) is 0 Å². The topological polar surface area (TPSA) is 38.9 Å². The van der Waals surface area contributed by atoms with Gasteiger partial charge in [-0.05, 0) is 24.4 Å². The smallest absolute Gasteiger partial charge is 0.139 e. The van der Waals surface area contributed by atoms with Gasteiger partial charge in [0.15, 0.2) is 0 Å². The first-order valence-electron chi connectivity index (χ1n) is 6.45. The monoisotopic (exact) mass is 260 g/mol. The van der Waals surface area contributed by atoms with Gasteiger partial charge in [0.25, 0.3) is 0 Å². The summed E-state index contributed by atoms with van der Waals surface area (Å²) in [6.45, 7) is 9.76. The summed E-state index contributed by atoms with van der Waals surface area (Å²) in [4.78, 5) is 4.07. The summed E-state index contributed by atoms with van der Waals surface area (Å²) in [5, 5.41) is 1.47. The molecule has 0 fully saturated rings. The highest BCUT2D eigenvalue weighted by Gasteiger charge is 2.09. The Kier molecular flexibility index (Phi) is 7.21. The summed E-state index contributed by atoms with van der Waals surface area (Å²) < 4.78 is 13.4. The molecule has 0 saturated carbocycles. The first-order chi connectivity index (χ1) is 9.13. The van der Waals surface area contributed by atoms with Crippen LogP contribution in [0.2, 0.25) is 0 Å². The van der Waals surface area contributed by atoms with E-state index in [1.165, 1.54) is 6.07 Å². The molecule has 0 aliphatic rings. The van der Waals surface area contributed by atoms with Gasteiger partial charge in [0.05, 0.1) is 5.56 Å². The number of pyridine rings is 1. The number of aryl methyl sites for hydroxylation is 1. The van der Waals surface area contributed by atoms with Crippen LogP contribution in [-0.4, -0.2) is 4.98 Å². The summed E-state index contributed by atoms with van der Waals surface area (Å²) in [6.07, 6.45) is 5.27. The number of rotatable bonds is 0. The molecule has 2 nitrogen and oxygen atoms in total. The zero-order valence-corrected chi connectivity index (χ0v) is 12.2. The van der Waals surface area contributed by atoms with Crippen molar-refractivity contribution in [3.8, 4) is 12.3 Å². The Hall–Kier alpha value is -2.08. The van der Waals surface area contributed by atoms with Crippen LogP contribution in [0.1, 0.15) is 39.0 Å². The third-order valence-electron chi connectivity index (χ3n) is 2.29. The number of benzene rings is 1. The van der Waals surface area contributed by atoms with E-state index in [9.17, 15) is 4.39 Å². The Morgan fingerprint density at radius 3 is 2.32 bits per heavy atom. The van der Waals surface area contributed by atoms with Gasteiger partial charge in [-0.2, -0.15) is 0 Å². The molecule has 0 aliphatic carbocycles. The number of hydrogen-bond donors (Lipinski definition) is 1. The Bertz CT molecular complexity index is 583. The predicted molar refractivity (Wildman–Crippen MR) is 81.5 cm³/mol. The van der Waals surface area contributed by atoms with Crippen molar-refractivity contribution in [2.75, 3.05) is 5.73 Å². The summed E-state index contributed by atoms with van der Waals surface area (Å²) in [5.74, 6) is 2.35. The predicted octanol–water partition coefficient (Wildman–Crippen LogP) is 4.30. The SMILES string of the molecule is C#Cc1c(F)ccc2cc(N)nc(C)c12.CC.CC. The average molecular weight is 260 g/mol. The fraction of sp³-hybridized carbons (Fsp3) is 0.312. The van der Waals surface area contributed by atoms with Gasteiger partial charge in [-0.3, -0.25) is 0 Å². The van der Waals surface area contributed by atoms with Crippen molar-refractivity contribution in [2.24, 2.45) is 0 Å². The van der Waals surface area contributed by atoms with Crippen molar-refractivity contribution >= 4 is 16.6 Å². The lowest BCUT2D eigenvalue weighted by molar-refractivity contribution is 0.626. The minimum atomic E-state index is -0.403. The van der Waals surface area contributed by atoms with Crippen molar-refractivity contribution in [1.82, 2.24) is 4.98 Å². The van der Waals surface area contributed by atoms with Crippen molar-refractivity contribution in [3.63, 3.8) is 0 Å². The number of terminal acetylenes is 1. The molecule has 19 heavy (non-hydrogen) atoms. The molecule has 0 bridgehead atoms. The lowest BCUT2D eigenvalue weighted by Gasteiger charge is -2.06. The third kappa shape index (κ3) is 3.69. The maximum Gasteiger partial charge on any atom is 0.139 e. The summed E-state index contributed by atoms with van der Waals surface area (Å²) >= 11 is 0. The van der Waals surface area contributed by atoms with Crippen molar-refractivity contribution in [3.05, 3.63) is 35.3 Å². The molecular formula is C16H21FN2. The van der Waals surface area contributed by atoms with Gasteiger partial charge in [-0.15, -0.1) is 6.42 Å². The molecular weight excluding hydrogens is 239 g/mol. The standard InChI is InChI=1S/C12H9FN2.2C2H6/c1-3-9-10(13)5-4-8-6-11(14)15-7(2)12(8)9;2*1-2/h1,4-6H,2H3,(H2,14,15);2*1-2H3. The maximum atomic E-state index is 13.4. The van der Waals surface area contributed by atoms with E-state index in [0.717, 1.165) is 5.39 Å². The lowest BCUT2D eigenvalue weighted by atomic mass is 10.0. The number of hydrogen-bond acceptors (Lipinski definition) is 2. The van der Waals surface area contributed by atoms with Crippen molar-refractivity contribution in [1.29, 1.82) is 0 Å². The Labute approximate surface area is 114 Å². The van der Waals surface area contributed by atoms with Crippen LogP contribution >= 0.6 is 0 Å². The third-order valence-corrected chi connectivity index (χ3v) is 2.29. The van der Waals surface area contributed by atoms with Crippen molar-refractivity contribution < 1.29 is 4.39 Å². The Balaban J connectivity index is 0.000000741. The highest BCUT2D eigenvalue weighted by Crippen LogP contribution is 2.24. The molecule has 102 valence electrons. The molecule has 1 aromatic carbocycles. The van der Waals surface area contributed by atoms with E-state index in [0.29, 0.717) is 16.9 Å². The number of anilines is 1. The van der Waals surface area contributed by atoms with E-state index in [4.69, 9.17) is 12.2 Å². The highest BCUT2D eigenvalue weighted by atomic mass is 19.1. The van der Waals surface area contributed by atoms with Gasteiger partial charge in [-0.25, -0.2) is 9.37 Å². The molecule has 0 unspecified atom stereocenters. The maximum absolute atomic E-state index is 13.4. The van der Waals surface area contributed by atoms with Gasteiger partial charge < -0.3 is 5.73 Å². The molecule has 3 heteroatoms. The van der Waals surface area contributed by atoms with Gasteiger partial charge in [-0.1, -0.05) is 39.7 Å². The van der Waals surface area contributed by atoms with Crippen LogP contribution in [0.3, 0.4) is 0 Å². The normalized spacial score (nSPS) is 8.68. The van der Waals surface area contributed by atoms with E-state index in [-0.39, 0.29) is 5.56 Å². The van der Waals surface area contributed by atoms with E-state index >= 15 is 0 Å². The van der Waals surface area contributed by atoms with Crippen LogP contribution in [0.5, 0.6) is 0 Å². The largest absolute Gasteiger partial charge is 0.384 e. The van der Waals surface area contributed by atoms with E-state index in [1.54, 1.807) is 19.1 Å². The fourth-order valence-corrected chi connectivity index (χ4v) is 1.69. The quantitative estimate of drug-likeness (QED) is 0.717. The van der Waals surface area contributed by atoms with Gasteiger partial charge >= 0.3 is 0 Å². The van der Waals surface area contributed by atoms with Crippen LogP contribution < -0.4 is 5.73 Å². The fourth-order valence-electron chi connectivity index (χ4n) is 1.69. The van der Waals surface area contributed by atoms with Crippen molar-refractivity contribution in [2.45, 2.75) is 34.6 Å². The molecule has 0 radical (unpaired) electrons. The number of fused-ring (bicyclic) bond motifs is 1. The molecule has 1 aromatic heterocycles. The molecule has 1 heterocycles. The van der Waals surface area contributed by atoms with Gasteiger partial charge in [0.2, 0.25) is 0 Å². The van der Waals surface area contributed by atoms with Gasteiger partial charge in [0, 0.05) is 11.1 Å². The number of nitrogens with zero attached hydrogens (tertiary/aromatic N) is 1. The Morgan fingerprint density at radius 2 is 1.79 bits per heavy atom. The first-order valence-corrected chi connectivity index (χ1v) is 6.45. The zero-order valence-electron chi connectivity index (χ0n) is 12.2. The number of aromatic nitrogens is 1. The molecule has 0 amide bonds. The van der Waals surface area contributed by atoms with Crippen LogP contribution in [0.15, 0.2) is 18.2 Å². The summed E-state index contributed by atoms with van der Waals surface area (Å²) in [5.41, 5.74) is 6.50. The number of nitrogen functional groups attached to an aromatic ring is 1. The summed E-state index contributed by atoms with van der Waals surface area (Å²) in [6, 6.07) is 4.68. The van der Waals surface area contributed by atoms with E-state index < -0.39 is 5.82 Å². The number of halogens is 1. The molecule has 0 aliphatic heterocycles. The molecule has 0 spiro atoms. The van der Waals surface area contributed by atoms with Crippen LogP contribution in [0.4, 0.5) is 10.2 Å². The number of nitrogens with two attached hydrogens (primary N) is 1. The van der Waals surface area contributed by atoms with E-state index in [1.807, 2.05) is 27.7 Å². The molecule has 0 atom stereocenters. The molecule has 2 rings (SSSR count). The molecule has 2 aromatic rings. The van der Waals surface area contributed by atoms with Crippen LogP contribution in [0.25, 0.3) is 10.8 Å². The second-order valence-electron chi connectivity index (χ2n) is 3.30. The lowest BCUT2D eigenvalue weighted by Crippen LogP contribution is -1.96. The minimum Gasteiger partial charge on any atom is -0.384 e. The molecule has 2 N–H and O–H groups in total. The van der Waals surface area contributed by atoms with Crippen LogP contribution in [0, 0.1) is 25.1 Å². The first kappa shape index (κ1) is 16.9. The highest BCUT2D eigenvalue weighted by molar-refractivity contribution is 5.91. The Morgan fingerprint density at radius 1 is 1.21 bits per heavy atom. The van der Waals surface area contributed by atoms with E-state index in [2.05, 4.69) is 10.9 Å². The summed E-state index contributed by atoms with van der Waals surface area (Å²) in [7, 11) is 0.